The number of nitrogens with one attached hydrogen (secondary N) is 1. The van der Waals surface area contributed by atoms with E-state index in [0.29, 0.717) is 6.10 Å². The lowest BCUT2D eigenvalue weighted by Gasteiger charge is -2.21. The molecule has 1 aliphatic heterocycles. The number of hydrogen-bond donors (Lipinski definition) is 1. The molecule has 2 unspecified atom stereocenters. The molecule has 2 aliphatic rings. The van der Waals surface area contributed by atoms with Crippen LogP contribution in [0.4, 0.5) is 0 Å². The van der Waals surface area contributed by atoms with Crippen LogP contribution in [-0.2, 0) is 4.74 Å². The number of rotatable bonds is 8. The Balaban J connectivity index is 1.62. The van der Waals surface area contributed by atoms with Gasteiger partial charge >= 0.3 is 0 Å². The quantitative estimate of drug-likeness (QED) is 0.708. The summed E-state index contributed by atoms with van der Waals surface area (Å²) in [5.74, 6) is 1.04. The molecule has 0 radical (unpaired) electrons. The highest BCUT2D eigenvalue weighted by atomic mass is 16.5. The minimum absolute atomic E-state index is 0.567. The third kappa shape index (κ3) is 4.89. The lowest BCUT2D eigenvalue weighted by molar-refractivity contribution is 0.0990. The molecule has 1 saturated carbocycles. The van der Waals surface area contributed by atoms with Gasteiger partial charge in [0.1, 0.15) is 0 Å². The van der Waals surface area contributed by atoms with E-state index in [1.807, 2.05) is 0 Å². The van der Waals surface area contributed by atoms with Crippen LogP contribution < -0.4 is 5.32 Å². The fourth-order valence-corrected chi connectivity index (χ4v) is 3.63. The molecule has 18 heavy (non-hydrogen) atoms. The predicted octanol–water partition coefficient (Wildman–Crippen LogP) is 3.89. The van der Waals surface area contributed by atoms with E-state index in [1.165, 1.54) is 64.2 Å². The maximum Gasteiger partial charge on any atom is 0.0576 e. The fourth-order valence-electron chi connectivity index (χ4n) is 3.63. The SMILES string of the molecule is CCNC(CCC1CCCC1)CCC1CCCO1. The lowest BCUT2D eigenvalue weighted by Crippen LogP contribution is -2.30. The molecule has 2 rings (SSSR count). The number of ether oxygens (including phenoxy) is 1. The zero-order valence-electron chi connectivity index (χ0n) is 12.1. The van der Waals surface area contributed by atoms with Crippen LogP contribution in [0.15, 0.2) is 0 Å². The molecular formula is C16H31NO. The Morgan fingerprint density at radius 2 is 1.83 bits per heavy atom. The molecule has 0 bridgehead atoms. The van der Waals surface area contributed by atoms with Gasteiger partial charge < -0.3 is 10.1 Å². The van der Waals surface area contributed by atoms with E-state index in [4.69, 9.17) is 4.74 Å². The van der Waals surface area contributed by atoms with Crippen molar-refractivity contribution in [1.82, 2.24) is 5.32 Å². The smallest absolute Gasteiger partial charge is 0.0576 e. The van der Waals surface area contributed by atoms with Crippen molar-refractivity contribution in [3.8, 4) is 0 Å². The van der Waals surface area contributed by atoms with Crippen LogP contribution in [0.1, 0.15) is 71.1 Å². The Bertz CT molecular complexity index is 187. The zero-order valence-corrected chi connectivity index (χ0v) is 12.1. The molecule has 0 aromatic rings. The zero-order chi connectivity index (χ0) is 12.6. The third-order valence-electron chi connectivity index (χ3n) is 4.75. The van der Waals surface area contributed by atoms with Crippen molar-refractivity contribution in [3.63, 3.8) is 0 Å². The Morgan fingerprint density at radius 3 is 2.50 bits per heavy atom. The molecule has 0 spiro atoms. The first-order valence-electron chi connectivity index (χ1n) is 8.23. The second-order valence-corrected chi connectivity index (χ2v) is 6.19. The standard InChI is InChI=1S/C16H31NO/c1-2-17-15(10-9-14-6-3-4-7-14)11-12-16-8-5-13-18-16/h14-17H,2-13H2,1H3. The van der Waals surface area contributed by atoms with Crippen LogP contribution in [0.3, 0.4) is 0 Å². The molecule has 2 nitrogen and oxygen atoms in total. The summed E-state index contributed by atoms with van der Waals surface area (Å²) in [4.78, 5) is 0. The van der Waals surface area contributed by atoms with Crippen LogP contribution in [0.2, 0.25) is 0 Å². The fraction of sp³-hybridized carbons (Fsp3) is 1.00. The third-order valence-corrected chi connectivity index (χ3v) is 4.75. The van der Waals surface area contributed by atoms with Crippen molar-refractivity contribution in [2.45, 2.75) is 83.3 Å². The van der Waals surface area contributed by atoms with E-state index in [2.05, 4.69) is 12.2 Å². The van der Waals surface area contributed by atoms with Gasteiger partial charge in [0.25, 0.3) is 0 Å². The van der Waals surface area contributed by atoms with E-state index in [9.17, 15) is 0 Å². The van der Waals surface area contributed by atoms with Crippen molar-refractivity contribution >= 4 is 0 Å². The summed E-state index contributed by atoms with van der Waals surface area (Å²) in [7, 11) is 0. The number of hydrogen-bond acceptors (Lipinski definition) is 2. The van der Waals surface area contributed by atoms with E-state index in [0.717, 1.165) is 25.1 Å². The van der Waals surface area contributed by atoms with Crippen LogP contribution in [0.25, 0.3) is 0 Å². The van der Waals surface area contributed by atoms with Crippen molar-refractivity contribution < 1.29 is 4.74 Å². The summed E-state index contributed by atoms with van der Waals surface area (Å²) in [5.41, 5.74) is 0. The summed E-state index contributed by atoms with van der Waals surface area (Å²) in [6.07, 6.45) is 14.5. The molecule has 0 aromatic carbocycles. The lowest BCUT2D eigenvalue weighted by atomic mass is 9.95. The molecule has 1 N–H and O–H groups in total. The van der Waals surface area contributed by atoms with Gasteiger partial charge in [-0.25, -0.2) is 0 Å². The molecule has 0 aromatic heterocycles. The molecule has 1 heterocycles. The summed E-state index contributed by atoms with van der Waals surface area (Å²) in [5, 5.41) is 3.67. The Kier molecular flexibility index (Phi) is 6.50. The van der Waals surface area contributed by atoms with Gasteiger partial charge in [0.2, 0.25) is 0 Å². The predicted molar refractivity (Wildman–Crippen MR) is 76.9 cm³/mol. The Morgan fingerprint density at radius 1 is 1.06 bits per heavy atom. The average Bonchev–Trinajstić information content (AvgIpc) is 3.05. The summed E-state index contributed by atoms with van der Waals surface area (Å²) in [6, 6.07) is 0.736. The van der Waals surface area contributed by atoms with E-state index in [-0.39, 0.29) is 0 Å². The molecule has 2 heteroatoms. The highest BCUT2D eigenvalue weighted by Gasteiger charge is 2.20. The molecule has 1 aliphatic carbocycles. The first kappa shape index (κ1) is 14.3. The van der Waals surface area contributed by atoms with Crippen LogP contribution in [-0.4, -0.2) is 25.3 Å². The van der Waals surface area contributed by atoms with Gasteiger partial charge in [-0.2, -0.15) is 0 Å². The van der Waals surface area contributed by atoms with Crippen LogP contribution >= 0.6 is 0 Å². The topological polar surface area (TPSA) is 21.3 Å². The van der Waals surface area contributed by atoms with Crippen LogP contribution in [0, 0.1) is 5.92 Å². The van der Waals surface area contributed by atoms with Gasteiger partial charge in [-0.05, 0) is 51.0 Å². The minimum Gasteiger partial charge on any atom is -0.378 e. The van der Waals surface area contributed by atoms with E-state index < -0.39 is 0 Å². The highest BCUT2D eigenvalue weighted by Crippen LogP contribution is 2.29. The monoisotopic (exact) mass is 253 g/mol. The summed E-state index contributed by atoms with van der Waals surface area (Å²) < 4.78 is 5.73. The molecule has 106 valence electrons. The van der Waals surface area contributed by atoms with Crippen molar-refractivity contribution in [2.24, 2.45) is 5.92 Å². The maximum atomic E-state index is 5.73. The van der Waals surface area contributed by atoms with Crippen molar-refractivity contribution in [3.05, 3.63) is 0 Å². The Hall–Kier alpha value is -0.0800. The highest BCUT2D eigenvalue weighted by molar-refractivity contribution is 4.75. The molecule has 1 saturated heterocycles. The first-order chi connectivity index (χ1) is 8.88. The second kappa shape index (κ2) is 8.16. The average molecular weight is 253 g/mol. The summed E-state index contributed by atoms with van der Waals surface area (Å²) in [6.45, 7) is 4.34. The minimum atomic E-state index is 0.567. The van der Waals surface area contributed by atoms with Crippen molar-refractivity contribution in [1.29, 1.82) is 0 Å². The van der Waals surface area contributed by atoms with E-state index >= 15 is 0 Å². The maximum absolute atomic E-state index is 5.73. The van der Waals surface area contributed by atoms with Gasteiger partial charge in [-0.3, -0.25) is 0 Å². The Labute approximate surface area is 113 Å². The molecule has 0 amide bonds. The second-order valence-electron chi connectivity index (χ2n) is 6.19. The van der Waals surface area contributed by atoms with Gasteiger partial charge in [0.15, 0.2) is 0 Å². The largest absolute Gasteiger partial charge is 0.378 e. The van der Waals surface area contributed by atoms with Gasteiger partial charge in [-0.15, -0.1) is 0 Å². The van der Waals surface area contributed by atoms with E-state index in [1.54, 1.807) is 0 Å². The normalized spacial score (nSPS) is 26.8. The summed E-state index contributed by atoms with van der Waals surface area (Å²) >= 11 is 0. The van der Waals surface area contributed by atoms with Gasteiger partial charge in [-0.1, -0.05) is 32.6 Å². The van der Waals surface area contributed by atoms with Crippen LogP contribution in [0.5, 0.6) is 0 Å². The van der Waals surface area contributed by atoms with Gasteiger partial charge in [0, 0.05) is 12.6 Å². The molecule has 2 fully saturated rings. The first-order valence-corrected chi connectivity index (χ1v) is 8.23. The molecule has 2 atom stereocenters. The van der Waals surface area contributed by atoms with Crippen molar-refractivity contribution in [2.75, 3.05) is 13.2 Å². The van der Waals surface area contributed by atoms with Gasteiger partial charge in [0.05, 0.1) is 6.10 Å². The molecular weight excluding hydrogens is 222 g/mol.